The van der Waals surface area contributed by atoms with Gasteiger partial charge in [-0.25, -0.2) is 0 Å². The lowest BCUT2D eigenvalue weighted by atomic mass is 10.0. The van der Waals surface area contributed by atoms with E-state index in [1.165, 1.54) is 12.8 Å². The summed E-state index contributed by atoms with van der Waals surface area (Å²) >= 11 is 0. The van der Waals surface area contributed by atoms with Crippen molar-refractivity contribution in [3.63, 3.8) is 0 Å². The molecule has 0 spiro atoms. The first kappa shape index (κ1) is 10.9. The van der Waals surface area contributed by atoms with Gasteiger partial charge in [0.2, 0.25) is 5.91 Å². The lowest BCUT2D eigenvalue weighted by Crippen LogP contribution is -2.35. The Balaban J connectivity index is 1.78. The van der Waals surface area contributed by atoms with Crippen LogP contribution in [0.4, 0.5) is 0 Å². The molecule has 3 heteroatoms. The minimum absolute atomic E-state index is 0.317. The van der Waals surface area contributed by atoms with Gasteiger partial charge in [-0.15, -0.1) is 0 Å². The molecule has 0 radical (unpaired) electrons. The molecule has 1 saturated heterocycles. The van der Waals surface area contributed by atoms with Gasteiger partial charge in [0, 0.05) is 32.0 Å². The predicted octanol–water partition coefficient (Wildman–Crippen LogP) is 1.67. The van der Waals surface area contributed by atoms with Crippen molar-refractivity contribution >= 4 is 5.91 Å². The number of ether oxygens (including phenoxy) is 1. The van der Waals surface area contributed by atoms with Crippen LogP contribution >= 0.6 is 0 Å². The molecule has 0 bridgehead atoms. The number of carbonyl (C=O) groups excluding carboxylic acids is 1. The van der Waals surface area contributed by atoms with Crippen LogP contribution in [0.1, 0.15) is 32.1 Å². The highest BCUT2D eigenvalue weighted by Gasteiger charge is 2.27. The fourth-order valence-corrected chi connectivity index (χ4v) is 2.69. The smallest absolute Gasteiger partial charge is 0.225 e. The van der Waals surface area contributed by atoms with Crippen LogP contribution in [0.5, 0.6) is 0 Å². The van der Waals surface area contributed by atoms with Crippen LogP contribution in [0.2, 0.25) is 0 Å². The summed E-state index contributed by atoms with van der Waals surface area (Å²) in [6.45, 7) is 2.59. The summed E-state index contributed by atoms with van der Waals surface area (Å²) < 4.78 is 5.33. The van der Waals surface area contributed by atoms with Crippen molar-refractivity contribution < 1.29 is 9.53 Å². The number of amides is 1. The van der Waals surface area contributed by atoms with Crippen molar-refractivity contribution in [3.8, 4) is 0 Å². The van der Waals surface area contributed by atoms with Crippen LogP contribution in [-0.2, 0) is 9.53 Å². The highest BCUT2D eigenvalue weighted by atomic mass is 16.5. The highest BCUT2D eigenvalue weighted by molar-refractivity contribution is 5.78. The third-order valence-corrected chi connectivity index (χ3v) is 3.64. The Morgan fingerprint density at radius 3 is 2.67 bits per heavy atom. The molecule has 86 valence electrons. The molecule has 0 N–H and O–H groups in total. The summed E-state index contributed by atoms with van der Waals surface area (Å²) in [7, 11) is 1.94. The van der Waals surface area contributed by atoms with E-state index in [1.54, 1.807) is 0 Å². The Morgan fingerprint density at radius 1 is 1.33 bits per heavy atom. The Bertz CT molecular complexity index is 218. The molecule has 1 heterocycles. The molecule has 0 aromatic carbocycles. The monoisotopic (exact) mass is 211 g/mol. The van der Waals surface area contributed by atoms with Crippen molar-refractivity contribution in [2.24, 2.45) is 11.8 Å². The third-order valence-electron chi connectivity index (χ3n) is 3.64. The largest absolute Gasteiger partial charge is 0.381 e. The van der Waals surface area contributed by atoms with Crippen molar-refractivity contribution in [1.82, 2.24) is 4.90 Å². The average Bonchev–Trinajstić information content (AvgIpc) is 2.88. The van der Waals surface area contributed by atoms with E-state index in [-0.39, 0.29) is 0 Å². The predicted molar refractivity (Wildman–Crippen MR) is 58.5 cm³/mol. The number of hydrogen-bond donors (Lipinski definition) is 0. The van der Waals surface area contributed by atoms with Crippen LogP contribution < -0.4 is 0 Å². The molecule has 1 aliphatic carbocycles. The van der Waals surface area contributed by atoms with Gasteiger partial charge in [-0.2, -0.15) is 0 Å². The number of hydrogen-bond acceptors (Lipinski definition) is 2. The maximum Gasteiger partial charge on any atom is 0.225 e. The minimum Gasteiger partial charge on any atom is -0.381 e. The molecule has 1 atom stereocenters. The van der Waals surface area contributed by atoms with E-state index in [1.807, 2.05) is 11.9 Å². The summed E-state index contributed by atoms with van der Waals surface area (Å²) in [6, 6.07) is 0. The Labute approximate surface area is 91.8 Å². The van der Waals surface area contributed by atoms with Crippen molar-refractivity contribution in [2.75, 3.05) is 26.8 Å². The van der Waals surface area contributed by atoms with Gasteiger partial charge < -0.3 is 9.64 Å². The van der Waals surface area contributed by atoms with E-state index >= 15 is 0 Å². The third kappa shape index (κ3) is 2.71. The van der Waals surface area contributed by atoms with Crippen molar-refractivity contribution in [2.45, 2.75) is 32.1 Å². The quantitative estimate of drug-likeness (QED) is 0.710. The second-order valence-electron chi connectivity index (χ2n) is 4.93. The van der Waals surface area contributed by atoms with Crippen LogP contribution in [0, 0.1) is 11.8 Å². The minimum atomic E-state index is 0.317. The number of nitrogens with zero attached hydrogens (tertiary/aromatic N) is 1. The zero-order valence-corrected chi connectivity index (χ0v) is 9.58. The van der Waals surface area contributed by atoms with Gasteiger partial charge in [-0.3, -0.25) is 4.79 Å². The fourth-order valence-electron chi connectivity index (χ4n) is 2.69. The van der Waals surface area contributed by atoms with Gasteiger partial charge in [0.1, 0.15) is 0 Å². The van der Waals surface area contributed by atoms with Crippen molar-refractivity contribution in [3.05, 3.63) is 0 Å². The first-order valence-electron chi connectivity index (χ1n) is 6.10. The fraction of sp³-hybridized carbons (Fsp3) is 0.917. The highest BCUT2D eigenvalue weighted by Crippen LogP contribution is 2.26. The summed E-state index contributed by atoms with van der Waals surface area (Å²) in [5, 5.41) is 0. The molecule has 0 aromatic rings. The topological polar surface area (TPSA) is 29.5 Å². The molecule has 1 amide bonds. The molecule has 2 rings (SSSR count). The molecule has 1 unspecified atom stereocenters. The second kappa shape index (κ2) is 4.97. The molecule has 1 aliphatic heterocycles. The van der Waals surface area contributed by atoms with Crippen LogP contribution in [0.3, 0.4) is 0 Å². The van der Waals surface area contributed by atoms with Gasteiger partial charge in [0.25, 0.3) is 0 Å². The molecule has 2 fully saturated rings. The number of rotatable bonds is 3. The summed E-state index contributed by atoms with van der Waals surface area (Å²) in [5.74, 6) is 1.25. The normalized spacial score (nSPS) is 27.1. The van der Waals surface area contributed by atoms with E-state index in [9.17, 15) is 4.79 Å². The molecule has 1 saturated carbocycles. The maximum absolute atomic E-state index is 12.0. The molecule has 2 aliphatic rings. The van der Waals surface area contributed by atoms with Crippen molar-refractivity contribution in [1.29, 1.82) is 0 Å². The summed E-state index contributed by atoms with van der Waals surface area (Å²) in [5.41, 5.74) is 0. The lowest BCUT2D eigenvalue weighted by molar-refractivity contribution is -0.134. The first-order valence-corrected chi connectivity index (χ1v) is 6.10. The van der Waals surface area contributed by atoms with E-state index in [0.29, 0.717) is 17.7 Å². The van der Waals surface area contributed by atoms with E-state index in [0.717, 1.165) is 39.0 Å². The van der Waals surface area contributed by atoms with Crippen LogP contribution in [0.25, 0.3) is 0 Å². The Kier molecular flexibility index (Phi) is 3.62. The zero-order chi connectivity index (χ0) is 10.7. The van der Waals surface area contributed by atoms with Gasteiger partial charge in [0.15, 0.2) is 0 Å². The first-order chi connectivity index (χ1) is 7.27. The van der Waals surface area contributed by atoms with Gasteiger partial charge in [0.05, 0.1) is 6.61 Å². The molecule has 3 nitrogen and oxygen atoms in total. The number of carbonyl (C=O) groups is 1. The SMILES string of the molecule is CN(CC1CCOC1)C(=O)C1CCCC1. The van der Waals surface area contributed by atoms with Crippen LogP contribution in [-0.4, -0.2) is 37.6 Å². The zero-order valence-electron chi connectivity index (χ0n) is 9.58. The van der Waals surface area contributed by atoms with Gasteiger partial charge in [-0.05, 0) is 19.3 Å². The van der Waals surface area contributed by atoms with Gasteiger partial charge in [-0.1, -0.05) is 12.8 Å². The average molecular weight is 211 g/mol. The Morgan fingerprint density at radius 2 is 2.07 bits per heavy atom. The van der Waals surface area contributed by atoms with Gasteiger partial charge >= 0.3 is 0 Å². The molecular weight excluding hydrogens is 190 g/mol. The van der Waals surface area contributed by atoms with E-state index in [2.05, 4.69) is 0 Å². The summed E-state index contributed by atoms with van der Waals surface area (Å²) in [4.78, 5) is 13.9. The lowest BCUT2D eigenvalue weighted by Gasteiger charge is -2.23. The Hall–Kier alpha value is -0.570. The maximum atomic E-state index is 12.0. The standard InChI is InChI=1S/C12H21NO2/c1-13(8-10-6-7-15-9-10)12(14)11-4-2-3-5-11/h10-11H,2-9H2,1H3. The molecule has 0 aromatic heterocycles. The van der Waals surface area contributed by atoms with E-state index < -0.39 is 0 Å². The van der Waals surface area contributed by atoms with Crippen LogP contribution in [0.15, 0.2) is 0 Å². The summed E-state index contributed by atoms with van der Waals surface area (Å²) in [6.07, 6.45) is 5.78. The van der Waals surface area contributed by atoms with E-state index in [4.69, 9.17) is 4.74 Å². The molecule has 15 heavy (non-hydrogen) atoms. The molecular formula is C12H21NO2. The second-order valence-corrected chi connectivity index (χ2v) is 4.93.